The normalized spacial score (nSPS) is 19.4. The lowest BCUT2D eigenvalue weighted by molar-refractivity contribution is 0.368. The lowest BCUT2D eigenvalue weighted by Gasteiger charge is -2.23. The molecule has 17 heavy (non-hydrogen) atoms. The molecular weight excluding hydrogens is 232 g/mol. The Kier molecular flexibility index (Phi) is 4.57. The van der Waals surface area contributed by atoms with Gasteiger partial charge in [-0.3, -0.25) is 0 Å². The molecule has 1 heterocycles. The first-order valence-electron chi connectivity index (χ1n) is 5.82. The number of rotatable bonds is 4. The number of ether oxygens (including phenoxy) is 1. The number of anilines is 1. The second-order valence-electron chi connectivity index (χ2n) is 4.03. The van der Waals surface area contributed by atoms with E-state index in [2.05, 4.69) is 5.32 Å². The van der Waals surface area contributed by atoms with Crippen LogP contribution in [-0.4, -0.2) is 24.2 Å². The number of benzene rings is 1. The third-order valence-electron chi connectivity index (χ3n) is 2.69. The van der Waals surface area contributed by atoms with Gasteiger partial charge in [0.1, 0.15) is 11.8 Å². The van der Waals surface area contributed by atoms with Gasteiger partial charge in [0.15, 0.2) is 6.61 Å². The standard InChI is InChI=1S/C13H16N2OS/c14-7-8-16-13-5-3-11(4-6-13)15-12-2-1-9-17-10-12/h3-6,12,15H,1-2,8-10H2. The smallest absolute Gasteiger partial charge is 0.174 e. The molecule has 0 bridgehead atoms. The number of nitriles is 1. The van der Waals surface area contributed by atoms with Crippen molar-refractivity contribution in [1.29, 1.82) is 5.26 Å². The highest BCUT2D eigenvalue weighted by Crippen LogP contribution is 2.22. The second-order valence-corrected chi connectivity index (χ2v) is 5.18. The van der Waals surface area contributed by atoms with Crippen LogP contribution in [0.1, 0.15) is 12.8 Å². The Morgan fingerprint density at radius 3 is 2.88 bits per heavy atom. The molecule has 2 rings (SSSR count). The number of hydrogen-bond acceptors (Lipinski definition) is 4. The number of hydrogen-bond donors (Lipinski definition) is 1. The molecule has 0 spiro atoms. The molecule has 1 aliphatic heterocycles. The van der Waals surface area contributed by atoms with E-state index >= 15 is 0 Å². The minimum absolute atomic E-state index is 0.103. The van der Waals surface area contributed by atoms with Crippen LogP contribution >= 0.6 is 11.8 Å². The highest BCUT2D eigenvalue weighted by Gasteiger charge is 2.12. The summed E-state index contributed by atoms with van der Waals surface area (Å²) in [6.07, 6.45) is 2.55. The SMILES string of the molecule is N#CCOc1ccc(NC2CCCSC2)cc1. The van der Waals surface area contributed by atoms with Gasteiger partial charge in [-0.2, -0.15) is 17.0 Å². The predicted molar refractivity (Wildman–Crippen MR) is 71.5 cm³/mol. The second kappa shape index (κ2) is 6.41. The fourth-order valence-electron chi connectivity index (χ4n) is 1.85. The molecule has 4 heteroatoms. The number of nitrogens with one attached hydrogen (secondary N) is 1. The van der Waals surface area contributed by atoms with Crippen molar-refractivity contribution in [1.82, 2.24) is 0 Å². The summed E-state index contributed by atoms with van der Waals surface area (Å²) >= 11 is 2.01. The van der Waals surface area contributed by atoms with Crippen LogP contribution in [0.15, 0.2) is 24.3 Å². The van der Waals surface area contributed by atoms with Crippen LogP contribution in [0.5, 0.6) is 5.75 Å². The van der Waals surface area contributed by atoms with E-state index in [0.717, 1.165) is 11.4 Å². The van der Waals surface area contributed by atoms with Crippen molar-refractivity contribution in [2.24, 2.45) is 0 Å². The van der Waals surface area contributed by atoms with E-state index in [1.807, 2.05) is 42.1 Å². The maximum absolute atomic E-state index is 8.41. The topological polar surface area (TPSA) is 45.0 Å². The molecule has 3 nitrogen and oxygen atoms in total. The quantitative estimate of drug-likeness (QED) is 0.890. The summed E-state index contributed by atoms with van der Waals surface area (Å²) in [5.74, 6) is 3.22. The average Bonchev–Trinajstić information content (AvgIpc) is 2.39. The number of nitrogens with zero attached hydrogens (tertiary/aromatic N) is 1. The Hall–Kier alpha value is -1.34. The molecule has 1 aliphatic rings. The molecule has 0 radical (unpaired) electrons. The molecular formula is C13H16N2OS. The van der Waals surface area contributed by atoms with Gasteiger partial charge < -0.3 is 10.1 Å². The summed E-state index contributed by atoms with van der Waals surface area (Å²) in [7, 11) is 0. The van der Waals surface area contributed by atoms with E-state index < -0.39 is 0 Å². The van der Waals surface area contributed by atoms with Crippen LogP contribution in [0.4, 0.5) is 5.69 Å². The molecule has 90 valence electrons. The summed E-state index contributed by atoms with van der Waals surface area (Å²) in [5.41, 5.74) is 1.13. The lowest BCUT2D eigenvalue weighted by atomic mass is 10.1. The highest BCUT2D eigenvalue weighted by atomic mass is 32.2. The van der Waals surface area contributed by atoms with Gasteiger partial charge in [0, 0.05) is 17.5 Å². The van der Waals surface area contributed by atoms with Crippen molar-refractivity contribution in [2.75, 3.05) is 23.4 Å². The minimum Gasteiger partial charge on any atom is -0.479 e. The third kappa shape index (κ3) is 3.86. The van der Waals surface area contributed by atoms with Crippen molar-refractivity contribution in [3.05, 3.63) is 24.3 Å². The first kappa shape index (κ1) is 12.1. The van der Waals surface area contributed by atoms with Crippen LogP contribution in [0, 0.1) is 11.3 Å². The largest absolute Gasteiger partial charge is 0.479 e. The van der Waals surface area contributed by atoms with Crippen molar-refractivity contribution < 1.29 is 4.74 Å². The van der Waals surface area contributed by atoms with E-state index in [0.29, 0.717) is 6.04 Å². The van der Waals surface area contributed by atoms with Crippen LogP contribution in [0.2, 0.25) is 0 Å². The van der Waals surface area contributed by atoms with E-state index in [4.69, 9.17) is 10.00 Å². The first-order chi connectivity index (χ1) is 8.38. The minimum atomic E-state index is 0.103. The Morgan fingerprint density at radius 1 is 1.41 bits per heavy atom. The predicted octanol–water partition coefficient (Wildman–Crippen LogP) is 2.90. The number of thioether (sulfide) groups is 1. The Morgan fingerprint density at radius 2 is 2.24 bits per heavy atom. The molecule has 0 saturated carbocycles. The van der Waals surface area contributed by atoms with E-state index in [1.54, 1.807) is 0 Å². The maximum atomic E-state index is 8.41. The molecule has 1 N–H and O–H groups in total. The van der Waals surface area contributed by atoms with Crippen molar-refractivity contribution in [3.63, 3.8) is 0 Å². The van der Waals surface area contributed by atoms with E-state index in [-0.39, 0.29) is 6.61 Å². The zero-order valence-corrected chi connectivity index (χ0v) is 10.5. The molecule has 0 amide bonds. The zero-order valence-electron chi connectivity index (χ0n) is 9.69. The molecule has 1 aromatic carbocycles. The van der Waals surface area contributed by atoms with Crippen molar-refractivity contribution >= 4 is 17.4 Å². The van der Waals surface area contributed by atoms with Gasteiger partial charge in [-0.15, -0.1) is 0 Å². The zero-order chi connectivity index (χ0) is 11.9. The average molecular weight is 248 g/mol. The van der Waals surface area contributed by atoms with E-state index in [9.17, 15) is 0 Å². The molecule has 1 fully saturated rings. The third-order valence-corrected chi connectivity index (χ3v) is 3.90. The molecule has 0 aliphatic carbocycles. The van der Waals surface area contributed by atoms with Gasteiger partial charge in [-0.25, -0.2) is 0 Å². The fourth-order valence-corrected chi connectivity index (χ4v) is 2.93. The van der Waals surface area contributed by atoms with Crippen LogP contribution in [0.3, 0.4) is 0 Å². The summed E-state index contributed by atoms with van der Waals surface area (Å²) < 4.78 is 5.21. The summed E-state index contributed by atoms with van der Waals surface area (Å²) in [6.45, 7) is 0.103. The maximum Gasteiger partial charge on any atom is 0.174 e. The van der Waals surface area contributed by atoms with Gasteiger partial charge in [0.25, 0.3) is 0 Å². The highest BCUT2D eigenvalue weighted by molar-refractivity contribution is 7.99. The van der Waals surface area contributed by atoms with Gasteiger partial charge in [0.05, 0.1) is 0 Å². The lowest BCUT2D eigenvalue weighted by Crippen LogP contribution is -2.25. The molecule has 1 saturated heterocycles. The van der Waals surface area contributed by atoms with Gasteiger partial charge in [0.2, 0.25) is 0 Å². The van der Waals surface area contributed by atoms with Gasteiger partial charge in [-0.1, -0.05) is 0 Å². The molecule has 0 aromatic heterocycles. The molecule has 1 atom stereocenters. The Labute approximate surface area is 106 Å². The van der Waals surface area contributed by atoms with Crippen molar-refractivity contribution in [3.8, 4) is 11.8 Å². The summed E-state index contributed by atoms with van der Waals surface area (Å²) in [4.78, 5) is 0. The van der Waals surface area contributed by atoms with Crippen LogP contribution in [-0.2, 0) is 0 Å². The van der Waals surface area contributed by atoms with Crippen LogP contribution in [0.25, 0.3) is 0 Å². The first-order valence-corrected chi connectivity index (χ1v) is 6.98. The van der Waals surface area contributed by atoms with E-state index in [1.165, 1.54) is 24.3 Å². The fraction of sp³-hybridized carbons (Fsp3) is 0.462. The molecule has 1 aromatic rings. The summed E-state index contributed by atoms with van der Waals surface area (Å²) in [6, 6.07) is 10.3. The monoisotopic (exact) mass is 248 g/mol. The van der Waals surface area contributed by atoms with Gasteiger partial charge in [-0.05, 0) is 42.9 Å². The summed E-state index contributed by atoms with van der Waals surface area (Å²) in [5, 5.41) is 11.9. The van der Waals surface area contributed by atoms with Gasteiger partial charge >= 0.3 is 0 Å². The van der Waals surface area contributed by atoms with Crippen molar-refractivity contribution in [2.45, 2.75) is 18.9 Å². The van der Waals surface area contributed by atoms with Crippen LogP contribution < -0.4 is 10.1 Å². The Balaban J connectivity index is 1.86. The molecule has 1 unspecified atom stereocenters. The Bertz CT molecular complexity index is 379.